The maximum Gasteiger partial charge on any atom is 0.288 e. The number of rotatable bonds is 1. The van der Waals surface area contributed by atoms with Crippen LogP contribution < -0.4 is 28.5 Å². The predicted octanol–water partition coefficient (Wildman–Crippen LogP) is -1.77. The molecular weight excluding hydrogens is 303 g/mol. The quantitative estimate of drug-likeness (QED) is 0.490. The topological polar surface area (TPSA) is 29.0 Å². The van der Waals surface area contributed by atoms with Gasteiger partial charge in [0.15, 0.2) is 0 Å². The van der Waals surface area contributed by atoms with Crippen LogP contribution in [0.25, 0.3) is 11.4 Å². The summed E-state index contributed by atoms with van der Waals surface area (Å²) in [5, 5.41) is 9.38. The van der Waals surface area contributed by atoms with Crippen molar-refractivity contribution in [1.82, 2.24) is 4.57 Å². The molecular formula is C11H13IN2O. The number of hydrogen-bond donors (Lipinski definition) is 1. The van der Waals surface area contributed by atoms with Gasteiger partial charge in [-0.05, 0) is 18.2 Å². The highest BCUT2D eigenvalue weighted by molar-refractivity contribution is 5.55. The smallest absolute Gasteiger partial charge is 0.288 e. The molecule has 80 valence electrons. The zero-order chi connectivity index (χ0) is 10.1. The van der Waals surface area contributed by atoms with Crippen molar-refractivity contribution in [3.8, 4) is 17.1 Å². The minimum atomic E-state index is 0. The first-order valence-corrected chi connectivity index (χ1v) is 4.49. The maximum atomic E-state index is 9.38. The summed E-state index contributed by atoms with van der Waals surface area (Å²) in [5.41, 5.74) is 1.01. The second-order valence-electron chi connectivity index (χ2n) is 3.39. The molecule has 1 N–H and O–H groups in total. The Morgan fingerprint density at radius 1 is 1.33 bits per heavy atom. The van der Waals surface area contributed by atoms with Crippen molar-refractivity contribution in [2.24, 2.45) is 14.1 Å². The average Bonchev–Trinajstić information content (AvgIpc) is 2.46. The first-order chi connectivity index (χ1) is 6.68. The molecule has 0 atom stereocenters. The van der Waals surface area contributed by atoms with Crippen molar-refractivity contribution in [1.29, 1.82) is 0 Å². The highest BCUT2D eigenvalue weighted by Crippen LogP contribution is 2.19. The Bertz CT molecular complexity index is 446. The van der Waals surface area contributed by atoms with E-state index in [1.165, 1.54) is 0 Å². The molecule has 0 amide bonds. The summed E-state index contributed by atoms with van der Waals surface area (Å²) in [6, 6.07) is 7.26. The number of halogens is 1. The average molecular weight is 316 g/mol. The van der Waals surface area contributed by atoms with E-state index in [1.807, 2.05) is 47.8 Å². The fraction of sp³-hybridized carbons (Fsp3) is 0.182. The molecule has 0 unspecified atom stereocenters. The summed E-state index contributed by atoms with van der Waals surface area (Å²) in [5.74, 6) is 1.37. The van der Waals surface area contributed by atoms with Gasteiger partial charge in [-0.15, -0.1) is 0 Å². The third-order valence-electron chi connectivity index (χ3n) is 2.29. The Kier molecular flexibility index (Phi) is 3.73. The van der Waals surface area contributed by atoms with E-state index < -0.39 is 0 Å². The number of phenolic OH excluding ortho intramolecular Hbond substituents is 1. The van der Waals surface area contributed by atoms with Crippen LogP contribution in [0.5, 0.6) is 5.75 Å². The monoisotopic (exact) mass is 316 g/mol. The summed E-state index contributed by atoms with van der Waals surface area (Å²) in [7, 11) is 3.97. The standard InChI is InChI=1S/C11H12N2O.HI/c1-12-6-7-13(2)11(12)9-4-3-5-10(14)8-9;/h3-8H,1-2H3;1H. The third kappa shape index (κ3) is 2.31. The van der Waals surface area contributed by atoms with Crippen LogP contribution in [-0.2, 0) is 14.1 Å². The fourth-order valence-corrected chi connectivity index (χ4v) is 1.64. The van der Waals surface area contributed by atoms with Crippen molar-refractivity contribution in [3.05, 3.63) is 36.7 Å². The van der Waals surface area contributed by atoms with Crippen LogP contribution in [0.3, 0.4) is 0 Å². The van der Waals surface area contributed by atoms with Crippen LogP contribution in [0.2, 0.25) is 0 Å². The number of phenols is 1. The predicted molar refractivity (Wildman–Crippen MR) is 53.7 cm³/mol. The van der Waals surface area contributed by atoms with E-state index >= 15 is 0 Å². The zero-order valence-electron chi connectivity index (χ0n) is 8.68. The van der Waals surface area contributed by atoms with Gasteiger partial charge in [0.05, 0.1) is 19.7 Å². The van der Waals surface area contributed by atoms with Gasteiger partial charge in [-0.25, -0.2) is 9.13 Å². The van der Waals surface area contributed by atoms with Gasteiger partial charge in [0.2, 0.25) is 0 Å². The summed E-state index contributed by atoms with van der Waals surface area (Å²) < 4.78 is 4.05. The number of nitrogens with zero attached hydrogens (tertiary/aromatic N) is 2. The SMILES string of the molecule is Cn1cc[n+](C)c1-c1cccc(O)c1.[I-]. The molecule has 2 aromatic rings. The highest BCUT2D eigenvalue weighted by Gasteiger charge is 2.13. The van der Waals surface area contributed by atoms with Crippen LogP contribution >= 0.6 is 0 Å². The molecule has 0 aliphatic rings. The van der Waals surface area contributed by atoms with Crippen LogP contribution in [0.15, 0.2) is 36.7 Å². The molecule has 0 fully saturated rings. The Hall–Kier alpha value is -1.04. The number of benzene rings is 1. The Labute approximate surface area is 106 Å². The van der Waals surface area contributed by atoms with Crippen LogP contribution in [0.1, 0.15) is 0 Å². The molecule has 0 radical (unpaired) electrons. The van der Waals surface area contributed by atoms with Gasteiger partial charge in [0.1, 0.15) is 18.1 Å². The first kappa shape index (κ1) is 12.0. The molecule has 0 aliphatic carbocycles. The molecule has 0 bridgehead atoms. The van der Waals surface area contributed by atoms with Crippen molar-refractivity contribution in [2.75, 3.05) is 0 Å². The van der Waals surface area contributed by atoms with Crippen molar-refractivity contribution in [3.63, 3.8) is 0 Å². The molecule has 0 saturated heterocycles. The molecule has 2 rings (SSSR count). The molecule has 1 aromatic carbocycles. The van der Waals surface area contributed by atoms with E-state index in [-0.39, 0.29) is 24.0 Å². The van der Waals surface area contributed by atoms with Crippen molar-refractivity contribution < 1.29 is 33.7 Å². The van der Waals surface area contributed by atoms with E-state index in [9.17, 15) is 5.11 Å². The molecule has 4 heteroatoms. The van der Waals surface area contributed by atoms with E-state index in [0.717, 1.165) is 11.4 Å². The summed E-state index contributed by atoms with van der Waals surface area (Å²) in [4.78, 5) is 0. The lowest BCUT2D eigenvalue weighted by Gasteiger charge is -1.99. The molecule has 0 saturated carbocycles. The van der Waals surface area contributed by atoms with Gasteiger partial charge in [-0.2, -0.15) is 0 Å². The minimum absolute atomic E-state index is 0. The van der Waals surface area contributed by atoms with Gasteiger partial charge in [-0.3, -0.25) is 0 Å². The second-order valence-corrected chi connectivity index (χ2v) is 3.39. The maximum absolute atomic E-state index is 9.38. The zero-order valence-corrected chi connectivity index (χ0v) is 10.8. The lowest BCUT2D eigenvalue weighted by molar-refractivity contribution is -0.659. The van der Waals surface area contributed by atoms with E-state index in [1.54, 1.807) is 12.1 Å². The third-order valence-corrected chi connectivity index (χ3v) is 2.29. The van der Waals surface area contributed by atoms with Gasteiger partial charge in [-0.1, -0.05) is 6.07 Å². The molecule has 1 heterocycles. The van der Waals surface area contributed by atoms with E-state index in [2.05, 4.69) is 0 Å². The number of aryl methyl sites for hydroxylation is 2. The molecule has 15 heavy (non-hydrogen) atoms. The second kappa shape index (κ2) is 4.65. The summed E-state index contributed by atoms with van der Waals surface area (Å²) in [6.45, 7) is 0. The van der Waals surface area contributed by atoms with Crippen LogP contribution in [0, 0.1) is 0 Å². The molecule has 0 aliphatic heterocycles. The molecule has 1 aromatic heterocycles. The number of aromatic nitrogens is 2. The lowest BCUT2D eigenvalue weighted by atomic mass is 10.2. The van der Waals surface area contributed by atoms with Crippen molar-refractivity contribution >= 4 is 0 Å². The number of hydrogen-bond acceptors (Lipinski definition) is 1. The Balaban J connectivity index is 0.00000112. The van der Waals surface area contributed by atoms with Gasteiger partial charge in [0.25, 0.3) is 5.82 Å². The largest absolute Gasteiger partial charge is 1.00 e. The molecule has 3 nitrogen and oxygen atoms in total. The van der Waals surface area contributed by atoms with Gasteiger partial charge >= 0.3 is 0 Å². The van der Waals surface area contributed by atoms with Gasteiger partial charge in [0, 0.05) is 0 Å². The van der Waals surface area contributed by atoms with Gasteiger partial charge < -0.3 is 29.1 Å². The van der Waals surface area contributed by atoms with Crippen LogP contribution in [0.4, 0.5) is 0 Å². The van der Waals surface area contributed by atoms with E-state index in [4.69, 9.17) is 0 Å². The highest BCUT2D eigenvalue weighted by atomic mass is 127. The Morgan fingerprint density at radius 2 is 2.07 bits per heavy atom. The first-order valence-electron chi connectivity index (χ1n) is 4.49. The normalized spacial score (nSPS) is 9.73. The summed E-state index contributed by atoms with van der Waals surface area (Å²) in [6.07, 6.45) is 3.97. The number of aromatic hydroxyl groups is 1. The fourth-order valence-electron chi connectivity index (χ4n) is 1.64. The van der Waals surface area contributed by atoms with Crippen molar-refractivity contribution in [2.45, 2.75) is 0 Å². The number of imidazole rings is 1. The van der Waals surface area contributed by atoms with E-state index in [0.29, 0.717) is 5.75 Å². The summed E-state index contributed by atoms with van der Waals surface area (Å²) >= 11 is 0. The molecule has 0 spiro atoms. The minimum Gasteiger partial charge on any atom is -1.00 e. The van der Waals surface area contributed by atoms with Crippen LogP contribution in [-0.4, -0.2) is 9.67 Å². The Morgan fingerprint density at radius 3 is 2.60 bits per heavy atom. The lowest BCUT2D eigenvalue weighted by Crippen LogP contribution is -3.00.